The summed E-state index contributed by atoms with van der Waals surface area (Å²) in [4.78, 5) is 0. The second kappa shape index (κ2) is 5.72. The van der Waals surface area contributed by atoms with Gasteiger partial charge >= 0.3 is 0 Å². The Morgan fingerprint density at radius 1 is 1.28 bits per heavy atom. The second-order valence-corrected chi connectivity index (χ2v) is 5.32. The highest BCUT2D eigenvalue weighted by molar-refractivity contribution is 5.33. The van der Waals surface area contributed by atoms with Gasteiger partial charge < -0.3 is 15.2 Å². The van der Waals surface area contributed by atoms with E-state index in [-0.39, 0.29) is 11.6 Å². The molecule has 2 N–H and O–H groups in total. The van der Waals surface area contributed by atoms with Crippen LogP contribution < -0.4 is 10.5 Å². The van der Waals surface area contributed by atoms with Crippen molar-refractivity contribution in [3.05, 3.63) is 29.8 Å². The van der Waals surface area contributed by atoms with E-state index in [0.717, 1.165) is 43.8 Å². The van der Waals surface area contributed by atoms with Gasteiger partial charge in [-0.3, -0.25) is 0 Å². The van der Waals surface area contributed by atoms with Gasteiger partial charge in [0.05, 0.1) is 6.10 Å². The smallest absolute Gasteiger partial charge is 0.120 e. The molecule has 1 aromatic rings. The fraction of sp³-hybridized carbons (Fsp3) is 0.600. The summed E-state index contributed by atoms with van der Waals surface area (Å²) in [7, 11) is 0. The molecule has 1 heterocycles. The van der Waals surface area contributed by atoms with Gasteiger partial charge in [0, 0.05) is 18.8 Å². The zero-order valence-corrected chi connectivity index (χ0v) is 11.3. The summed E-state index contributed by atoms with van der Waals surface area (Å²) in [6.45, 7) is 5.63. The van der Waals surface area contributed by atoms with Crippen LogP contribution in [0.5, 0.6) is 5.75 Å². The molecule has 0 amide bonds. The van der Waals surface area contributed by atoms with E-state index in [2.05, 4.69) is 12.1 Å². The SMILES string of the molecule is CC(C)Oc1cccc(C2(N)CCCOCC2)c1. The van der Waals surface area contributed by atoms with Gasteiger partial charge in [0.25, 0.3) is 0 Å². The Hall–Kier alpha value is -1.06. The Labute approximate surface area is 109 Å². The lowest BCUT2D eigenvalue weighted by molar-refractivity contribution is 0.139. The third-order valence-electron chi connectivity index (χ3n) is 3.38. The van der Waals surface area contributed by atoms with Crippen LogP contribution in [0, 0.1) is 0 Å². The minimum Gasteiger partial charge on any atom is -0.491 e. The third kappa shape index (κ3) is 3.24. The van der Waals surface area contributed by atoms with E-state index in [4.69, 9.17) is 15.2 Å². The van der Waals surface area contributed by atoms with E-state index >= 15 is 0 Å². The van der Waals surface area contributed by atoms with Crippen molar-refractivity contribution in [1.29, 1.82) is 0 Å². The quantitative estimate of drug-likeness (QED) is 0.896. The fourth-order valence-electron chi connectivity index (χ4n) is 2.41. The Morgan fingerprint density at radius 3 is 2.89 bits per heavy atom. The molecule has 1 aromatic carbocycles. The largest absolute Gasteiger partial charge is 0.491 e. The van der Waals surface area contributed by atoms with Gasteiger partial charge in [-0.25, -0.2) is 0 Å². The van der Waals surface area contributed by atoms with Gasteiger partial charge in [-0.15, -0.1) is 0 Å². The monoisotopic (exact) mass is 249 g/mol. The molecule has 3 heteroatoms. The molecule has 100 valence electrons. The molecular weight excluding hydrogens is 226 g/mol. The summed E-state index contributed by atoms with van der Waals surface area (Å²) in [6.07, 6.45) is 3.05. The normalized spacial score (nSPS) is 24.9. The molecule has 0 bridgehead atoms. The van der Waals surface area contributed by atoms with Crippen LogP contribution in [0.25, 0.3) is 0 Å². The lowest BCUT2D eigenvalue weighted by Gasteiger charge is -2.28. The first-order valence-electron chi connectivity index (χ1n) is 6.74. The third-order valence-corrected chi connectivity index (χ3v) is 3.38. The summed E-state index contributed by atoms with van der Waals surface area (Å²) >= 11 is 0. The maximum absolute atomic E-state index is 6.54. The number of hydrogen-bond acceptors (Lipinski definition) is 3. The molecule has 3 nitrogen and oxygen atoms in total. The molecule has 1 atom stereocenters. The van der Waals surface area contributed by atoms with Crippen molar-refractivity contribution in [1.82, 2.24) is 0 Å². The molecule has 1 fully saturated rings. The van der Waals surface area contributed by atoms with Crippen LogP contribution >= 0.6 is 0 Å². The number of benzene rings is 1. The standard InChI is InChI=1S/C15H23NO2/c1-12(2)18-14-6-3-5-13(11-14)15(16)7-4-9-17-10-8-15/h3,5-6,11-12H,4,7-10,16H2,1-2H3. The maximum Gasteiger partial charge on any atom is 0.120 e. The molecule has 1 aliphatic rings. The van der Waals surface area contributed by atoms with Crippen molar-refractivity contribution < 1.29 is 9.47 Å². The van der Waals surface area contributed by atoms with Gasteiger partial charge in [0.15, 0.2) is 0 Å². The van der Waals surface area contributed by atoms with Crippen LogP contribution in [0.1, 0.15) is 38.7 Å². The van der Waals surface area contributed by atoms with Crippen LogP contribution in [0.3, 0.4) is 0 Å². The van der Waals surface area contributed by atoms with E-state index in [1.165, 1.54) is 0 Å². The van der Waals surface area contributed by atoms with Crippen LogP contribution in [0.2, 0.25) is 0 Å². The summed E-state index contributed by atoms with van der Waals surface area (Å²) in [5, 5.41) is 0. The number of nitrogens with two attached hydrogens (primary N) is 1. The first-order chi connectivity index (χ1) is 8.60. The first kappa shape index (κ1) is 13.4. The van der Waals surface area contributed by atoms with Crippen molar-refractivity contribution in [3.63, 3.8) is 0 Å². The lowest BCUT2D eigenvalue weighted by Crippen LogP contribution is -2.36. The van der Waals surface area contributed by atoms with E-state index in [1.807, 2.05) is 26.0 Å². The summed E-state index contributed by atoms with van der Waals surface area (Å²) in [6, 6.07) is 8.18. The van der Waals surface area contributed by atoms with E-state index in [0.29, 0.717) is 0 Å². The van der Waals surface area contributed by atoms with Crippen molar-refractivity contribution in [2.24, 2.45) is 5.73 Å². The topological polar surface area (TPSA) is 44.5 Å². The van der Waals surface area contributed by atoms with E-state index < -0.39 is 0 Å². The molecule has 0 saturated carbocycles. The Morgan fingerprint density at radius 2 is 2.11 bits per heavy atom. The molecule has 1 saturated heterocycles. The van der Waals surface area contributed by atoms with E-state index in [9.17, 15) is 0 Å². The lowest BCUT2D eigenvalue weighted by atomic mass is 9.84. The summed E-state index contributed by atoms with van der Waals surface area (Å²) in [5.41, 5.74) is 7.43. The average Bonchev–Trinajstić information content (AvgIpc) is 2.55. The van der Waals surface area contributed by atoms with Crippen molar-refractivity contribution >= 4 is 0 Å². The van der Waals surface area contributed by atoms with Crippen molar-refractivity contribution in [3.8, 4) is 5.75 Å². The zero-order chi connectivity index (χ0) is 13.0. The van der Waals surface area contributed by atoms with Crippen molar-refractivity contribution in [2.75, 3.05) is 13.2 Å². The minimum atomic E-state index is -0.271. The van der Waals surface area contributed by atoms with Gasteiger partial charge in [-0.1, -0.05) is 12.1 Å². The first-order valence-corrected chi connectivity index (χ1v) is 6.74. The molecule has 0 radical (unpaired) electrons. The Bertz CT molecular complexity index is 382. The van der Waals surface area contributed by atoms with Crippen LogP contribution in [-0.2, 0) is 10.3 Å². The van der Waals surface area contributed by atoms with Crippen LogP contribution in [0.4, 0.5) is 0 Å². The zero-order valence-electron chi connectivity index (χ0n) is 11.3. The molecule has 0 spiro atoms. The molecular formula is C15H23NO2. The fourth-order valence-corrected chi connectivity index (χ4v) is 2.41. The van der Waals surface area contributed by atoms with Crippen LogP contribution in [0.15, 0.2) is 24.3 Å². The minimum absolute atomic E-state index is 0.187. The molecule has 1 aliphatic heterocycles. The van der Waals surface area contributed by atoms with Gasteiger partial charge in [0.2, 0.25) is 0 Å². The van der Waals surface area contributed by atoms with Crippen molar-refractivity contribution in [2.45, 2.75) is 44.8 Å². The Balaban J connectivity index is 2.20. The van der Waals surface area contributed by atoms with Gasteiger partial charge in [-0.2, -0.15) is 0 Å². The predicted molar refractivity (Wildman–Crippen MR) is 72.7 cm³/mol. The number of hydrogen-bond donors (Lipinski definition) is 1. The van der Waals surface area contributed by atoms with Gasteiger partial charge in [0.1, 0.15) is 5.75 Å². The maximum atomic E-state index is 6.54. The number of ether oxygens (including phenoxy) is 2. The number of rotatable bonds is 3. The molecule has 0 aliphatic carbocycles. The average molecular weight is 249 g/mol. The summed E-state index contributed by atoms with van der Waals surface area (Å²) in [5.74, 6) is 0.900. The highest BCUT2D eigenvalue weighted by Crippen LogP contribution is 2.31. The highest BCUT2D eigenvalue weighted by atomic mass is 16.5. The van der Waals surface area contributed by atoms with Crippen LogP contribution in [-0.4, -0.2) is 19.3 Å². The predicted octanol–water partition coefficient (Wildman–Crippen LogP) is 2.83. The van der Waals surface area contributed by atoms with Gasteiger partial charge in [-0.05, 0) is 50.8 Å². The molecule has 1 unspecified atom stereocenters. The second-order valence-electron chi connectivity index (χ2n) is 5.32. The highest BCUT2D eigenvalue weighted by Gasteiger charge is 2.28. The molecule has 0 aromatic heterocycles. The summed E-state index contributed by atoms with van der Waals surface area (Å²) < 4.78 is 11.2. The Kier molecular flexibility index (Phi) is 4.25. The molecule has 2 rings (SSSR count). The molecule has 18 heavy (non-hydrogen) atoms. The van der Waals surface area contributed by atoms with E-state index in [1.54, 1.807) is 0 Å².